The second kappa shape index (κ2) is 4.67. The van der Waals surface area contributed by atoms with Crippen LogP contribution in [0.2, 0.25) is 0 Å². The monoisotopic (exact) mass is 233 g/mol. The summed E-state index contributed by atoms with van der Waals surface area (Å²) in [5.41, 5.74) is 1.30. The minimum absolute atomic E-state index is 0.276. The maximum atomic E-state index is 8.97. The molecule has 2 heterocycles. The lowest BCUT2D eigenvalue weighted by atomic mass is 9.83. The van der Waals surface area contributed by atoms with Gasteiger partial charge < -0.3 is 15.2 Å². The molecule has 0 amide bonds. The zero-order chi connectivity index (χ0) is 11.7. The van der Waals surface area contributed by atoms with Crippen LogP contribution < -0.4 is 5.32 Å². The number of aliphatic hydroxyl groups excluding tert-OH is 1. The molecule has 3 aliphatic rings. The number of allylic oxidation sites excluding steroid dienone is 2. The average Bonchev–Trinajstić information content (AvgIpc) is 2.85. The summed E-state index contributed by atoms with van der Waals surface area (Å²) in [6.07, 6.45) is 11.5. The van der Waals surface area contributed by atoms with Gasteiger partial charge in [0.25, 0.3) is 0 Å². The molecule has 3 nitrogen and oxygen atoms in total. The van der Waals surface area contributed by atoms with Gasteiger partial charge in [-0.1, -0.05) is 24.3 Å². The van der Waals surface area contributed by atoms with Crippen LogP contribution in [-0.4, -0.2) is 30.4 Å². The maximum Gasteiger partial charge on any atom is 0.106 e. The number of aliphatic hydroxyl groups is 1. The molecular weight excluding hydrogens is 214 g/mol. The molecule has 92 valence electrons. The standard InChI is InChI=1S/C14H19NO2/c16-8-3-6-13-11-7-9-17-14(11)10-4-1-2-5-12(10)15-13/h1-2,4-5,11-13,15-16H,3,6-9H2. The van der Waals surface area contributed by atoms with Crippen LogP contribution >= 0.6 is 0 Å². The van der Waals surface area contributed by atoms with Crippen molar-refractivity contribution in [2.75, 3.05) is 13.2 Å². The van der Waals surface area contributed by atoms with E-state index in [0.717, 1.165) is 25.9 Å². The number of hydrogen-bond acceptors (Lipinski definition) is 3. The number of nitrogens with one attached hydrogen (secondary N) is 1. The van der Waals surface area contributed by atoms with Gasteiger partial charge in [0.1, 0.15) is 5.76 Å². The van der Waals surface area contributed by atoms with E-state index in [2.05, 4.69) is 29.6 Å². The highest BCUT2D eigenvalue weighted by Gasteiger charge is 2.39. The molecule has 17 heavy (non-hydrogen) atoms. The molecule has 0 aromatic rings. The first kappa shape index (κ1) is 11.1. The van der Waals surface area contributed by atoms with Crippen molar-refractivity contribution >= 4 is 0 Å². The van der Waals surface area contributed by atoms with Gasteiger partial charge in [0.15, 0.2) is 0 Å². The summed E-state index contributed by atoms with van der Waals surface area (Å²) in [5.74, 6) is 1.70. The Morgan fingerprint density at radius 2 is 2.35 bits per heavy atom. The van der Waals surface area contributed by atoms with Crippen LogP contribution in [-0.2, 0) is 4.74 Å². The second-order valence-electron chi connectivity index (χ2n) is 4.92. The Bertz CT molecular complexity index is 384. The molecule has 2 aliphatic heterocycles. The van der Waals surface area contributed by atoms with E-state index in [9.17, 15) is 0 Å². The Morgan fingerprint density at radius 1 is 1.41 bits per heavy atom. The van der Waals surface area contributed by atoms with Gasteiger partial charge in [0.05, 0.1) is 12.6 Å². The van der Waals surface area contributed by atoms with Crippen LogP contribution in [0.25, 0.3) is 0 Å². The van der Waals surface area contributed by atoms with E-state index in [1.807, 2.05) is 0 Å². The van der Waals surface area contributed by atoms with Gasteiger partial charge in [-0.15, -0.1) is 0 Å². The normalized spacial score (nSPS) is 34.5. The lowest BCUT2D eigenvalue weighted by molar-refractivity contribution is 0.225. The summed E-state index contributed by atoms with van der Waals surface area (Å²) in [6, 6.07) is 0.748. The third-order valence-corrected chi connectivity index (χ3v) is 3.89. The van der Waals surface area contributed by atoms with Crippen molar-refractivity contribution in [2.45, 2.75) is 31.3 Å². The summed E-state index contributed by atoms with van der Waals surface area (Å²) in [7, 11) is 0. The van der Waals surface area contributed by atoms with Crippen molar-refractivity contribution in [2.24, 2.45) is 5.92 Å². The predicted molar refractivity (Wildman–Crippen MR) is 66.4 cm³/mol. The van der Waals surface area contributed by atoms with Crippen LogP contribution in [0.1, 0.15) is 19.3 Å². The number of hydrogen-bond donors (Lipinski definition) is 2. The largest absolute Gasteiger partial charge is 0.497 e. The molecule has 3 heteroatoms. The fourth-order valence-corrected chi connectivity index (χ4v) is 3.08. The average molecular weight is 233 g/mol. The number of rotatable bonds is 3. The first-order valence-corrected chi connectivity index (χ1v) is 6.49. The fraction of sp³-hybridized carbons (Fsp3) is 0.571. The Kier molecular flexibility index (Phi) is 3.04. The molecule has 0 bridgehead atoms. The fourth-order valence-electron chi connectivity index (χ4n) is 3.08. The molecule has 3 unspecified atom stereocenters. The summed E-state index contributed by atoms with van der Waals surface area (Å²) >= 11 is 0. The Labute approximate surface area is 102 Å². The van der Waals surface area contributed by atoms with E-state index in [4.69, 9.17) is 9.84 Å². The van der Waals surface area contributed by atoms with Gasteiger partial charge in [-0.2, -0.15) is 0 Å². The summed E-state index contributed by atoms with van der Waals surface area (Å²) in [4.78, 5) is 0. The highest BCUT2D eigenvalue weighted by molar-refractivity contribution is 5.42. The highest BCUT2D eigenvalue weighted by Crippen LogP contribution is 2.38. The van der Waals surface area contributed by atoms with Crippen LogP contribution in [0, 0.1) is 5.92 Å². The lowest BCUT2D eigenvalue weighted by Gasteiger charge is -2.36. The van der Waals surface area contributed by atoms with Crippen molar-refractivity contribution in [3.63, 3.8) is 0 Å². The van der Waals surface area contributed by atoms with Gasteiger partial charge in [-0.25, -0.2) is 0 Å². The smallest absolute Gasteiger partial charge is 0.106 e. The molecule has 3 rings (SSSR count). The minimum Gasteiger partial charge on any atom is -0.497 e. The topological polar surface area (TPSA) is 41.5 Å². The maximum absolute atomic E-state index is 8.97. The molecule has 3 atom stereocenters. The van der Waals surface area contributed by atoms with E-state index in [-0.39, 0.29) is 6.61 Å². The number of ether oxygens (including phenoxy) is 1. The summed E-state index contributed by atoms with van der Waals surface area (Å²) in [5, 5.41) is 12.6. The molecule has 2 N–H and O–H groups in total. The third-order valence-electron chi connectivity index (χ3n) is 3.89. The molecule has 0 aromatic heterocycles. The van der Waals surface area contributed by atoms with E-state index in [1.54, 1.807) is 0 Å². The molecule has 1 saturated heterocycles. The summed E-state index contributed by atoms with van der Waals surface area (Å²) < 4.78 is 5.83. The van der Waals surface area contributed by atoms with Gasteiger partial charge >= 0.3 is 0 Å². The molecule has 0 saturated carbocycles. The van der Waals surface area contributed by atoms with E-state index in [0.29, 0.717) is 18.0 Å². The third kappa shape index (κ3) is 1.94. The zero-order valence-corrected chi connectivity index (χ0v) is 9.93. The molecule has 0 radical (unpaired) electrons. The van der Waals surface area contributed by atoms with Gasteiger partial charge in [-0.3, -0.25) is 0 Å². The first-order valence-electron chi connectivity index (χ1n) is 6.49. The quantitative estimate of drug-likeness (QED) is 0.776. The highest BCUT2D eigenvalue weighted by atomic mass is 16.5. The van der Waals surface area contributed by atoms with Crippen LogP contribution in [0.3, 0.4) is 0 Å². The molecule has 0 aromatic carbocycles. The lowest BCUT2D eigenvalue weighted by Crippen LogP contribution is -2.47. The van der Waals surface area contributed by atoms with Crippen LogP contribution in [0.4, 0.5) is 0 Å². The van der Waals surface area contributed by atoms with Crippen LogP contribution in [0.5, 0.6) is 0 Å². The van der Waals surface area contributed by atoms with Crippen molar-refractivity contribution in [3.8, 4) is 0 Å². The molecule has 0 spiro atoms. The Balaban J connectivity index is 1.86. The molecule has 1 aliphatic carbocycles. The van der Waals surface area contributed by atoms with Gasteiger partial charge in [-0.05, 0) is 19.3 Å². The molecule has 1 fully saturated rings. The van der Waals surface area contributed by atoms with Crippen molar-refractivity contribution < 1.29 is 9.84 Å². The van der Waals surface area contributed by atoms with Crippen molar-refractivity contribution in [1.29, 1.82) is 0 Å². The Morgan fingerprint density at radius 3 is 3.24 bits per heavy atom. The van der Waals surface area contributed by atoms with Crippen molar-refractivity contribution in [3.05, 3.63) is 35.6 Å². The zero-order valence-electron chi connectivity index (χ0n) is 9.93. The number of fused-ring (bicyclic) bond motifs is 2. The van der Waals surface area contributed by atoms with E-state index >= 15 is 0 Å². The van der Waals surface area contributed by atoms with Gasteiger partial charge in [0, 0.05) is 24.1 Å². The van der Waals surface area contributed by atoms with E-state index in [1.165, 1.54) is 11.3 Å². The van der Waals surface area contributed by atoms with Crippen molar-refractivity contribution in [1.82, 2.24) is 5.32 Å². The second-order valence-corrected chi connectivity index (χ2v) is 4.92. The minimum atomic E-state index is 0.276. The Hall–Kier alpha value is -1.06. The predicted octanol–water partition coefficient (Wildman–Crippen LogP) is 1.52. The molecular formula is C14H19NO2. The van der Waals surface area contributed by atoms with Crippen LogP contribution in [0.15, 0.2) is 35.6 Å². The first-order chi connectivity index (χ1) is 8.40. The van der Waals surface area contributed by atoms with Gasteiger partial charge in [0.2, 0.25) is 0 Å². The SMILES string of the molecule is OCCCC1NC2C=CC=CC2=C2OCCC21. The summed E-state index contributed by atoms with van der Waals surface area (Å²) in [6.45, 7) is 1.11. The van der Waals surface area contributed by atoms with E-state index < -0.39 is 0 Å².